The Morgan fingerprint density at radius 1 is 0.662 bits per heavy atom. The number of carbonyl (C=O) groups is 1. The zero-order chi connectivity index (χ0) is 54.7. The summed E-state index contributed by atoms with van der Waals surface area (Å²) < 4.78 is 4.03. The van der Waals surface area contributed by atoms with Crippen LogP contribution >= 0.6 is 31.9 Å². The summed E-state index contributed by atoms with van der Waals surface area (Å²) in [5.74, 6) is 0.401. The lowest BCUT2D eigenvalue weighted by molar-refractivity contribution is -0.386. The van der Waals surface area contributed by atoms with Gasteiger partial charge in [-0.25, -0.2) is 0 Å². The highest BCUT2D eigenvalue weighted by Crippen LogP contribution is 2.31. The zero-order valence-electron chi connectivity index (χ0n) is 42.7. The van der Waals surface area contributed by atoms with Gasteiger partial charge >= 0.3 is 29.6 Å². The van der Waals surface area contributed by atoms with Gasteiger partial charge in [-0.05, 0) is 88.6 Å². The number of amides is 1. The molecule has 3 atom stereocenters. The monoisotopic (exact) mass is 1110 g/mol. The summed E-state index contributed by atoms with van der Waals surface area (Å²) >= 11 is 6.39. The van der Waals surface area contributed by atoms with E-state index in [0.717, 1.165) is 22.2 Å². The molecule has 17 nitrogen and oxygen atoms in total. The van der Waals surface area contributed by atoms with E-state index in [1.54, 1.807) is 49.1 Å². The molecule has 4 heterocycles. The fraction of sp³-hybridized carbons (Fsp3) is 0.333. The normalized spacial score (nSPS) is 14.0. The Kier molecular flexibility index (Phi) is 30.3. The molecule has 1 aliphatic rings. The Morgan fingerprint density at radius 2 is 1.10 bits per heavy atom. The second-order valence-corrected chi connectivity index (χ2v) is 16.4. The van der Waals surface area contributed by atoms with Gasteiger partial charge < -0.3 is 34.8 Å². The van der Waals surface area contributed by atoms with Gasteiger partial charge in [-0.3, -0.25) is 39.4 Å². The number of nitrogens with zero attached hydrogens (tertiary/aromatic N) is 5. The molecule has 20 heteroatoms. The van der Waals surface area contributed by atoms with Gasteiger partial charge in [0.2, 0.25) is 11.5 Å². The minimum atomic E-state index is -1.34. The minimum absolute atomic E-state index is 0.0553. The van der Waals surface area contributed by atoms with Crippen molar-refractivity contribution in [2.75, 3.05) is 7.05 Å². The summed E-state index contributed by atoms with van der Waals surface area (Å²) in [4.78, 5) is 69.6. The van der Waals surface area contributed by atoms with Crippen LogP contribution in [-0.4, -0.2) is 71.1 Å². The van der Waals surface area contributed by atoms with E-state index in [0.29, 0.717) is 32.8 Å². The fourth-order valence-corrected chi connectivity index (χ4v) is 7.07. The number of hydrogen-bond acceptors (Lipinski definition) is 11. The number of likely N-dealkylation sites (N-methyl/N-ethyl adjacent to an activating group) is 1. The zero-order valence-corrected chi connectivity index (χ0v) is 45.9. The Morgan fingerprint density at radius 3 is 1.52 bits per heavy atom. The molecule has 1 amide bonds. The molecule has 71 heavy (non-hydrogen) atoms. The minimum Gasteiger partial charge on any atom is -0.423 e. The Balaban J connectivity index is 0.000000858. The molecule has 1 aliphatic heterocycles. The topological polar surface area (TPSA) is 250 Å². The number of aromatic amines is 1. The summed E-state index contributed by atoms with van der Waals surface area (Å²) in [5, 5.41) is 38.4. The van der Waals surface area contributed by atoms with Gasteiger partial charge in [-0.15, -0.1) is 0 Å². The molecule has 384 valence electrons. The number of pyridine rings is 3. The number of benzene rings is 3. The molecule has 0 bridgehead atoms. The van der Waals surface area contributed by atoms with E-state index in [1.165, 1.54) is 47.0 Å². The maximum absolute atomic E-state index is 11.7. The third kappa shape index (κ3) is 19.8. The molecular formula is C51H68BBr2N7O10. The van der Waals surface area contributed by atoms with Crippen molar-refractivity contribution < 1.29 is 24.7 Å². The summed E-state index contributed by atoms with van der Waals surface area (Å²) in [6, 6.07) is 33.9. The van der Waals surface area contributed by atoms with Crippen LogP contribution in [0.15, 0.2) is 139 Å². The Hall–Kier alpha value is -6.32. The van der Waals surface area contributed by atoms with Gasteiger partial charge in [0.05, 0.1) is 15.9 Å². The molecule has 3 aromatic carbocycles. The molecule has 3 aromatic heterocycles. The number of carbonyl (C=O) groups excluding carboxylic acids is 1. The molecule has 1 fully saturated rings. The maximum Gasteiger partial charge on any atom is 0.488 e. The van der Waals surface area contributed by atoms with Crippen molar-refractivity contribution in [1.29, 1.82) is 0 Å². The predicted molar refractivity (Wildman–Crippen MR) is 293 cm³/mol. The van der Waals surface area contributed by atoms with Crippen LogP contribution in [0.2, 0.25) is 0 Å². The van der Waals surface area contributed by atoms with Gasteiger partial charge in [0.15, 0.2) is 0 Å². The summed E-state index contributed by atoms with van der Waals surface area (Å²) in [7, 11) is 3.53. The highest BCUT2D eigenvalue weighted by atomic mass is 79.9. The molecule has 5 N–H and O–H groups in total. The maximum atomic E-state index is 11.7. The summed E-state index contributed by atoms with van der Waals surface area (Å²) in [6.45, 7) is 19.4. The van der Waals surface area contributed by atoms with E-state index < -0.39 is 39.5 Å². The molecule has 0 unspecified atom stereocenters. The van der Waals surface area contributed by atoms with Gasteiger partial charge in [-0.1, -0.05) is 133 Å². The molecule has 0 spiro atoms. The number of likely N-dealkylation sites (tertiary alicyclic amines) is 1. The summed E-state index contributed by atoms with van der Waals surface area (Å²) in [6.07, 6.45) is 0.744. The smallest absolute Gasteiger partial charge is 0.423 e. The Bertz CT molecular complexity index is 2760. The third-order valence-electron chi connectivity index (χ3n) is 10.6. The van der Waals surface area contributed by atoms with E-state index in [1.807, 2.05) is 110 Å². The average molecular weight is 1110 g/mol. The number of aryl methyl sites for hydroxylation is 1. The number of hydrogen-bond donors (Lipinski definition) is 4. The van der Waals surface area contributed by atoms with Crippen LogP contribution in [0.25, 0.3) is 11.1 Å². The van der Waals surface area contributed by atoms with E-state index in [-0.39, 0.29) is 23.6 Å². The first-order valence-corrected chi connectivity index (χ1v) is 24.4. The molecule has 6 aromatic rings. The highest BCUT2D eigenvalue weighted by Gasteiger charge is 2.36. The van der Waals surface area contributed by atoms with Gasteiger partial charge in [0.1, 0.15) is 0 Å². The van der Waals surface area contributed by atoms with Crippen molar-refractivity contribution in [3.05, 3.63) is 198 Å². The number of aromatic nitrogens is 3. The number of halogens is 2. The van der Waals surface area contributed by atoms with Crippen molar-refractivity contribution >= 4 is 61.7 Å². The van der Waals surface area contributed by atoms with Crippen molar-refractivity contribution in [3.8, 4) is 11.1 Å². The van der Waals surface area contributed by atoms with Gasteiger partial charge in [-0.2, -0.15) is 0 Å². The van der Waals surface area contributed by atoms with Crippen LogP contribution in [-0.2, 0) is 18.9 Å². The van der Waals surface area contributed by atoms with Gasteiger partial charge in [0.25, 0.3) is 0 Å². The number of H-pyrrole nitrogens is 1. The van der Waals surface area contributed by atoms with Crippen LogP contribution in [0.1, 0.15) is 83.5 Å². The first-order valence-electron chi connectivity index (χ1n) is 22.8. The molecule has 1 saturated heterocycles. The number of nitro groups is 2. The Labute approximate surface area is 433 Å². The van der Waals surface area contributed by atoms with Crippen molar-refractivity contribution in [1.82, 2.24) is 19.0 Å². The van der Waals surface area contributed by atoms with Crippen LogP contribution in [0.5, 0.6) is 0 Å². The van der Waals surface area contributed by atoms with Crippen LogP contribution in [0, 0.1) is 41.0 Å². The number of nitrogens with two attached hydrogens (primary N) is 1. The molecule has 0 aliphatic carbocycles. The second kappa shape index (κ2) is 33.3. The number of rotatable bonds is 5. The van der Waals surface area contributed by atoms with Crippen LogP contribution in [0.4, 0.5) is 11.4 Å². The van der Waals surface area contributed by atoms with Gasteiger partial charge in [0, 0.05) is 82.9 Å². The average Bonchev–Trinajstić information content (AvgIpc) is 3.38. The van der Waals surface area contributed by atoms with E-state index in [9.17, 15) is 39.4 Å². The molecular weight excluding hydrogens is 1040 g/mol. The lowest BCUT2D eigenvalue weighted by Crippen LogP contribution is -2.53. The lowest BCUT2D eigenvalue weighted by atomic mass is 9.81. The molecule has 7 rings (SSSR count). The SMILES string of the molecule is CC.CC.CC.C[C@@H]1[C@H](c2ccccc2)C[C@H](N)C(=O)N1C.Cc1[nH]c(=O)ccc1Br.Cc1c(-c2ccccc2)cc([N+](=O)[O-])c(=O)n1C.Cc1c(Br)cc([N+](=O)[O-])c(=O)n1C.OB(O)c1ccccc1. The highest BCUT2D eigenvalue weighted by molar-refractivity contribution is 9.10. The number of piperidine rings is 1. The predicted octanol–water partition coefficient (Wildman–Crippen LogP) is 8.87. The van der Waals surface area contributed by atoms with E-state index in [2.05, 4.69) is 55.9 Å². The first kappa shape index (κ1) is 64.7. The lowest BCUT2D eigenvalue weighted by Gasteiger charge is -2.39. The third-order valence-corrected chi connectivity index (χ3v) is 12.2. The first-order chi connectivity index (χ1) is 33.6. The second-order valence-electron chi connectivity index (χ2n) is 14.7. The molecule has 0 radical (unpaired) electrons. The standard InChI is InChI=1S/C13H12N2O3.C13H18N2O.C7H7BrN2O3.C6H7BO2.C6H6BrNO.3C2H6/c1-9-11(10-6-4-3-5-7-10)8-12(15(17)18)13(16)14(9)2;1-9-11(10-6-4-3-5-7-10)8-12(14)13(16)15(9)2;1-4-5(8)3-6(10(12)13)7(11)9(4)2;8-7(9)6-4-2-1-3-5-6;1-4-5(7)2-3-6(9)8-4;3*1-2/h3-8H,1-2H3;3-7,9,11-12H,8,14H2,1-2H3;3H,1-2H3;1-5,8-9H;2-3H,1H3,(H,8,9);3*1-2H3/t;9-,11-,12+;;;;;;/m.1....../s1. The summed E-state index contributed by atoms with van der Waals surface area (Å²) in [5.41, 5.74) is 9.39. The van der Waals surface area contributed by atoms with Crippen molar-refractivity contribution in [3.63, 3.8) is 0 Å². The van der Waals surface area contributed by atoms with Crippen molar-refractivity contribution in [2.45, 2.75) is 93.7 Å². The largest absolute Gasteiger partial charge is 0.488 e. The fourth-order valence-electron chi connectivity index (χ4n) is 6.35. The van der Waals surface area contributed by atoms with Crippen LogP contribution in [0.3, 0.4) is 0 Å². The van der Waals surface area contributed by atoms with E-state index in [4.69, 9.17) is 15.8 Å². The van der Waals surface area contributed by atoms with Crippen LogP contribution < -0.4 is 27.9 Å². The molecule has 0 saturated carbocycles. The van der Waals surface area contributed by atoms with E-state index >= 15 is 0 Å². The quantitative estimate of drug-likeness (QED) is 0.0721. The van der Waals surface area contributed by atoms with Crippen molar-refractivity contribution in [2.24, 2.45) is 19.8 Å². The number of nitrogens with one attached hydrogen (secondary N) is 1.